The minimum absolute atomic E-state index is 0.202. The molecule has 2 rings (SSSR count). The van der Waals surface area contributed by atoms with Crippen molar-refractivity contribution in [3.8, 4) is 0 Å². The fraction of sp³-hybridized carbons (Fsp3) is 0.350. The first kappa shape index (κ1) is 20.4. The highest BCUT2D eigenvalue weighted by molar-refractivity contribution is 6.03. The molecule has 7 nitrogen and oxygen atoms in total. The molecule has 144 valence electrons. The number of pyridine rings is 1. The zero-order chi connectivity index (χ0) is 19.8. The van der Waals surface area contributed by atoms with Gasteiger partial charge < -0.3 is 20.4 Å². The summed E-state index contributed by atoms with van der Waals surface area (Å²) in [6, 6.07) is 12.3. The van der Waals surface area contributed by atoms with Gasteiger partial charge in [-0.05, 0) is 63.5 Å². The summed E-state index contributed by atoms with van der Waals surface area (Å²) in [5.74, 6) is -0.631. The molecule has 7 heteroatoms. The van der Waals surface area contributed by atoms with Crippen molar-refractivity contribution in [3.63, 3.8) is 0 Å². The van der Waals surface area contributed by atoms with Gasteiger partial charge in [-0.25, -0.2) is 4.98 Å². The third-order valence-electron chi connectivity index (χ3n) is 3.92. The van der Waals surface area contributed by atoms with Gasteiger partial charge in [0.2, 0.25) is 0 Å². The first-order valence-electron chi connectivity index (χ1n) is 8.85. The van der Waals surface area contributed by atoms with E-state index in [2.05, 4.69) is 20.5 Å². The Balaban J connectivity index is 1.97. The summed E-state index contributed by atoms with van der Waals surface area (Å²) >= 11 is 0. The number of rotatable bonds is 8. The Labute approximate surface area is 160 Å². The van der Waals surface area contributed by atoms with Crippen molar-refractivity contribution in [1.82, 2.24) is 15.2 Å². The highest BCUT2D eigenvalue weighted by Gasteiger charge is 2.12. The number of benzene rings is 1. The Morgan fingerprint density at radius 2 is 1.56 bits per heavy atom. The number of nitrogens with one attached hydrogen (secondary N) is 2. The zero-order valence-electron chi connectivity index (χ0n) is 16.3. The van der Waals surface area contributed by atoms with Crippen LogP contribution in [0.2, 0.25) is 0 Å². The van der Waals surface area contributed by atoms with Crippen molar-refractivity contribution in [3.05, 3.63) is 53.9 Å². The third kappa shape index (κ3) is 6.38. The van der Waals surface area contributed by atoms with Gasteiger partial charge in [-0.3, -0.25) is 9.59 Å². The molecular weight excluding hydrogens is 342 g/mol. The van der Waals surface area contributed by atoms with Crippen LogP contribution in [0.15, 0.2) is 42.5 Å². The molecule has 0 bridgehead atoms. The summed E-state index contributed by atoms with van der Waals surface area (Å²) < 4.78 is 0. The normalized spacial score (nSPS) is 10.6. The number of anilines is 2. The Kier molecular flexibility index (Phi) is 7.31. The number of nitrogens with zero attached hydrogens (tertiary/aromatic N) is 3. The fourth-order valence-electron chi connectivity index (χ4n) is 2.41. The molecule has 0 spiro atoms. The number of carbonyl (C=O) groups is 2. The van der Waals surface area contributed by atoms with Crippen LogP contribution >= 0.6 is 0 Å². The number of hydrogen-bond acceptors (Lipinski definition) is 5. The van der Waals surface area contributed by atoms with Crippen LogP contribution in [-0.4, -0.2) is 63.0 Å². The maximum atomic E-state index is 12.4. The lowest BCUT2D eigenvalue weighted by molar-refractivity contribution is 0.0947. The van der Waals surface area contributed by atoms with Gasteiger partial charge in [0.1, 0.15) is 11.4 Å². The standard InChI is InChI=1S/C20H27N5O2/c1-24(2)14-6-13-21-19(26)17-7-5-8-18(23-17)20(27)22-15-9-11-16(12-10-15)25(3)4/h5,7-12H,6,13-14H2,1-4H3,(H,21,26)(H,22,27). The minimum Gasteiger partial charge on any atom is -0.378 e. The summed E-state index contributed by atoms with van der Waals surface area (Å²) in [5.41, 5.74) is 2.15. The Bertz CT molecular complexity index is 772. The van der Waals surface area contributed by atoms with E-state index >= 15 is 0 Å². The van der Waals surface area contributed by atoms with Crippen LogP contribution in [0, 0.1) is 0 Å². The molecule has 0 fully saturated rings. The van der Waals surface area contributed by atoms with Gasteiger partial charge in [0.05, 0.1) is 0 Å². The lowest BCUT2D eigenvalue weighted by Crippen LogP contribution is -2.28. The molecule has 1 aromatic carbocycles. The second kappa shape index (κ2) is 9.68. The summed E-state index contributed by atoms with van der Waals surface area (Å²) in [4.78, 5) is 32.8. The predicted molar refractivity (Wildman–Crippen MR) is 108 cm³/mol. The topological polar surface area (TPSA) is 77.6 Å². The van der Waals surface area contributed by atoms with E-state index in [4.69, 9.17) is 0 Å². The van der Waals surface area contributed by atoms with Crippen LogP contribution < -0.4 is 15.5 Å². The van der Waals surface area contributed by atoms with E-state index in [1.54, 1.807) is 18.2 Å². The lowest BCUT2D eigenvalue weighted by atomic mass is 10.2. The summed E-state index contributed by atoms with van der Waals surface area (Å²) in [5, 5.41) is 5.62. The summed E-state index contributed by atoms with van der Waals surface area (Å²) in [6.07, 6.45) is 0.849. The van der Waals surface area contributed by atoms with Crippen molar-refractivity contribution in [2.24, 2.45) is 0 Å². The summed E-state index contributed by atoms with van der Waals surface area (Å²) in [7, 11) is 7.88. The van der Waals surface area contributed by atoms with Crippen molar-refractivity contribution in [1.29, 1.82) is 0 Å². The number of aromatic nitrogens is 1. The van der Waals surface area contributed by atoms with Crippen LogP contribution in [0.5, 0.6) is 0 Å². The van der Waals surface area contributed by atoms with E-state index < -0.39 is 0 Å². The van der Waals surface area contributed by atoms with Crippen molar-refractivity contribution < 1.29 is 9.59 Å². The molecular formula is C20H27N5O2. The first-order chi connectivity index (χ1) is 12.9. The maximum Gasteiger partial charge on any atom is 0.274 e. The van der Waals surface area contributed by atoms with Crippen LogP contribution in [0.25, 0.3) is 0 Å². The molecule has 2 N–H and O–H groups in total. The third-order valence-corrected chi connectivity index (χ3v) is 3.92. The van der Waals surface area contributed by atoms with Crippen molar-refractivity contribution >= 4 is 23.2 Å². The molecule has 0 saturated carbocycles. The highest BCUT2D eigenvalue weighted by Crippen LogP contribution is 2.16. The van der Waals surface area contributed by atoms with Crippen molar-refractivity contribution in [2.45, 2.75) is 6.42 Å². The molecule has 0 saturated heterocycles. The van der Waals surface area contributed by atoms with Crippen LogP contribution in [0.1, 0.15) is 27.4 Å². The van der Waals surface area contributed by atoms with E-state index in [1.807, 2.05) is 57.4 Å². The van der Waals surface area contributed by atoms with Gasteiger partial charge in [0, 0.05) is 32.0 Å². The van der Waals surface area contributed by atoms with E-state index in [0.717, 1.165) is 18.7 Å². The van der Waals surface area contributed by atoms with E-state index in [9.17, 15) is 9.59 Å². The monoisotopic (exact) mass is 369 g/mol. The molecule has 0 radical (unpaired) electrons. The van der Waals surface area contributed by atoms with Gasteiger partial charge in [-0.1, -0.05) is 6.07 Å². The van der Waals surface area contributed by atoms with E-state index in [0.29, 0.717) is 12.2 Å². The minimum atomic E-state index is -0.352. The Hall–Kier alpha value is -2.93. The second-order valence-corrected chi connectivity index (χ2v) is 6.72. The van der Waals surface area contributed by atoms with Crippen LogP contribution in [-0.2, 0) is 0 Å². The molecule has 0 unspecified atom stereocenters. The molecule has 2 amide bonds. The van der Waals surface area contributed by atoms with E-state index in [-0.39, 0.29) is 23.2 Å². The average molecular weight is 369 g/mol. The highest BCUT2D eigenvalue weighted by atomic mass is 16.2. The fourth-order valence-corrected chi connectivity index (χ4v) is 2.41. The summed E-state index contributed by atoms with van der Waals surface area (Å²) in [6.45, 7) is 1.45. The van der Waals surface area contributed by atoms with Gasteiger partial charge in [0.25, 0.3) is 11.8 Å². The molecule has 1 heterocycles. The number of amides is 2. The maximum absolute atomic E-state index is 12.4. The van der Waals surface area contributed by atoms with Crippen LogP contribution in [0.3, 0.4) is 0 Å². The largest absolute Gasteiger partial charge is 0.378 e. The molecule has 2 aromatic rings. The van der Waals surface area contributed by atoms with Crippen LogP contribution in [0.4, 0.5) is 11.4 Å². The lowest BCUT2D eigenvalue weighted by Gasteiger charge is -2.13. The van der Waals surface area contributed by atoms with Gasteiger partial charge in [0.15, 0.2) is 0 Å². The Morgan fingerprint density at radius 1 is 0.926 bits per heavy atom. The molecule has 1 aromatic heterocycles. The van der Waals surface area contributed by atoms with E-state index in [1.165, 1.54) is 0 Å². The van der Waals surface area contributed by atoms with Gasteiger partial charge in [-0.15, -0.1) is 0 Å². The quantitative estimate of drug-likeness (QED) is 0.697. The number of carbonyl (C=O) groups excluding carboxylic acids is 2. The molecule has 0 aliphatic heterocycles. The first-order valence-corrected chi connectivity index (χ1v) is 8.85. The Morgan fingerprint density at radius 3 is 2.15 bits per heavy atom. The average Bonchev–Trinajstić information content (AvgIpc) is 2.65. The SMILES string of the molecule is CN(C)CCCNC(=O)c1cccc(C(=O)Nc2ccc(N(C)C)cc2)n1. The molecule has 0 atom stereocenters. The van der Waals surface area contributed by atoms with Gasteiger partial charge in [-0.2, -0.15) is 0 Å². The second-order valence-electron chi connectivity index (χ2n) is 6.72. The smallest absolute Gasteiger partial charge is 0.274 e. The molecule has 0 aliphatic rings. The van der Waals surface area contributed by atoms with Gasteiger partial charge >= 0.3 is 0 Å². The van der Waals surface area contributed by atoms with Crippen molar-refractivity contribution in [2.75, 3.05) is 51.5 Å². The zero-order valence-corrected chi connectivity index (χ0v) is 16.3. The number of hydrogen-bond donors (Lipinski definition) is 2. The predicted octanol–water partition coefficient (Wildman–Crippen LogP) is 2.08. The molecule has 0 aliphatic carbocycles. The molecule has 27 heavy (non-hydrogen) atoms.